The van der Waals surface area contributed by atoms with Gasteiger partial charge in [0.05, 0.1) is 0 Å². The van der Waals surface area contributed by atoms with E-state index in [0.717, 1.165) is 5.56 Å². The predicted octanol–water partition coefficient (Wildman–Crippen LogP) is 3.52. The number of halogens is 1. The number of benzene rings is 2. The number of nitrogens with one attached hydrogen (secondary N) is 1. The number of hydrogen-bond donors (Lipinski definition) is 2. The van der Waals surface area contributed by atoms with Crippen LogP contribution < -0.4 is 15.8 Å². The Kier molecular flexibility index (Phi) is 7.63. The average Bonchev–Trinajstić information content (AvgIpc) is 2.76. The van der Waals surface area contributed by atoms with Crippen LogP contribution in [0.3, 0.4) is 0 Å². The Labute approximate surface area is 179 Å². The number of pyridine rings is 1. The molecule has 0 aliphatic heterocycles. The highest BCUT2D eigenvalue weighted by atomic mass is 35.5. The zero-order valence-corrected chi connectivity index (χ0v) is 16.9. The smallest absolute Gasteiger partial charge is 0.260 e. The number of hydrogen-bond acceptors (Lipinski definition) is 5. The topological polar surface area (TPSA) is 98.8 Å². The van der Waals surface area contributed by atoms with E-state index in [9.17, 15) is 4.79 Å². The van der Waals surface area contributed by atoms with Gasteiger partial charge in [0.15, 0.2) is 12.4 Å². The Balaban J connectivity index is 1.40. The number of para-hydroxylation sites is 1. The van der Waals surface area contributed by atoms with Crippen molar-refractivity contribution in [1.82, 2.24) is 10.3 Å². The Hall–Kier alpha value is -3.58. The lowest BCUT2D eigenvalue weighted by atomic mass is 10.1. The zero-order valence-electron chi connectivity index (χ0n) is 16.1. The molecule has 3 N–H and O–H groups in total. The summed E-state index contributed by atoms with van der Waals surface area (Å²) >= 11 is 5.84. The summed E-state index contributed by atoms with van der Waals surface area (Å²) in [6, 6.07) is 20.2. The molecular formula is C22H21ClN4O3. The number of nitrogens with two attached hydrogens (primary N) is 1. The van der Waals surface area contributed by atoms with Gasteiger partial charge in [0.1, 0.15) is 5.75 Å². The van der Waals surface area contributed by atoms with Crippen LogP contribution in [0.2, 0.25) is 5.02 Å². The van der Waals surface area contributed by atoms with E-state index in [0.29, 0.717) is 35.2 Å². The van der Waals surface area contributed by atoms with E-state index in [1.165, 1.54) is 6.20 Å². The standard InChI is InChI=1S/C22H21ClN4O3/c23-18-9-6-16(7-10-18)12-13-25-20(28)15-29-27-22(24)17-8-11-21(26-14-17)30-19-4-2-1-3-5-19/h1-11,14H,12-13,15H2,(H2,24,27)(H,25,28). The lowest BCUT2D eigenvalue weighted by Crippen LogP contribution is -2.29. The highest BCUT2D eigenvalue weighted by Gasteiger charge is 2.05. The number of amides is 1. The van der Waals surface area contributed by atoms with Crippen LogP contribution in [0.25, 0.3) is 0 Å². The van der Waals surface area contributed by atoms with Crippen molar-refractivity contribution in [3.8, 4) is 11.6 Å². The second-order valence-electron chi connectivity index (χ2n) is 6.28. The summed E-state index contributed by atoms with van der Waals surface area (Å²) in [6.07, 6.45) is 2.21. The lowest BCUT2D eigenvalue weighted by molar-refractivity contribution is -0.125. The first-order valence-electron chi connectivity index (χ1n) is 9.26. The number of ether oxygens (including phenoxy) is 1. The highest BCUT2D eigenvalue weighted by Crippen LogP contribution is 2.18. The normalized spacial score (nSPS) is 11.0. The molecule has 1 heterocycles. The van der Waals surface area contributed by atoms with Crippen molar-refractivity contribution >= 4 is 23.3 Å². The van der Waals surface area contributed by atoms with Crippen LogP contribution in [0.4, 0.5) is 0 Å². The third-order valence-electron chi connectivity index (χ3n) is 4.01. The predicted molar refractivity (Wildman–Crippen MR) is 116 cm³/mol. The van der Waals surface area contributed by atoms with E-state index < -0.39 is 0 Å². The second-order valence-corrected chi connectivity index (χ2v) is 6.71. The van der Waals surface area contributed by atoms with E-state index in [1.807, 2.05) is 54.6 Å². The Bertz CT molecular complexity index is 978. The van der Waals surface area contributed by atoms with E-state index >= 15 is 0 Å². The molecule has 1 amide bonds. The Morgan fingerprint density at radius 1 is 1.07 bits per heavy atom. The molecule has 154 valence electrons. The van der Waals surface area contributed by atoms with E-state index in [-0.39, 0.29) is 18.3 Å². The maximum Gasteiger partial charge on any atom is 0.260 e. The number of carbonyl (C=O) groups excluding carboxylic acids is 1. The summed E-state index contributed by atoms with van der Waals surface area (Å²) in [7, 11) is 0. The molecule has 0 spiro atoms. The lowest BCUT2D eigenvalue weighted by Gasteiger charge is -2.06. The van der Waals surface area contributed by atoms with Crippen molar-refractivity contribution in [3.63, 3.8) is 0 Å². The number of nitrogens with zero attached hydrogens (tertiary/aromatic N) is 2. The van der Waals surface area contributed by atoms with Crippen LogP contribution in [-0.2, 0) is 16.1 Å². The van der Waals surface area contributed by atoms with Gasteiger partial charge in [-0.25, -0.2) is 4.98 Å². The first kappa shape index (κ1) is 21.1. The number of carbonyl (C=O) groups is 1. The molecule has 0 unspecified atom stereocenters. The number of rotatable bonds is 9. The second kappa shape index (κ2) is 10.8. The van der Waals surface area contributed by atoms with Crippen molar-refractivity contribution < 1.29 is 14.4 Å². The van der Waals surface area contributed by atoms with Crippen molar-refractivity contribution in [2.24, 2.45) is 10.9 Å². The molecule has 2 aromatic carbocycles. The van der Waals surface area contributed by atoms with E-state index in [2.05, 4.69) is 15.5 Å². The van der Waals surface area contributed by atoms with Gasteiger partial charge in [-0.05, 0) is 42.3 Å². The summed E-state index contributed by atoms with van der Waals surface area (Å²) in [5, 5.41) is 7.20. The molecule has 1 aromatic heterocycles. The van der Waals surface area contributed by atoms with Crippen LogP contribution in [0.1, 0.15) is 11.1 Å². The van der Waals surface area contributed by atoms with Crippen LogP contribution in [0, 0.1) is 0 Å². The Morgan fingerprint density at radius 2 is 1.83 bits per heavy atom. The molecular weight excluding hydrogens is 404 g/mol. The third kappa shape index (κ3) is 6.79. The highest BCUT2D eigenvalue weighted by molar-refractivity contribution is 6.30. The largest absolute Gasteiger partial charge is 0.439 e. The van der Waals surface area contributed by atoms with Crippen molar-refractivity contribution in [1.29, 1.82) is 0 Å². The fourth-order valence-corrected chi connectivity index (χ4v) is 2.59. The summed E-state index contributed by atoms with van der Waals surface area (Å²) in [5.74, 6) is 0.941. The number of amidine groups is 1. The van der Waals surface area contributed by atoms with Crippen LogP contribution in [-0.4, -0.2) is 29.9 Å². The zero-order chi connectivity index (χ0) is 21.2. The molecule has 3 rings (SSSR count). The van der Waals surface area contributed by atoms with Gasteiger partial charge in [-0.1, -0.05) is 47.1 Å². The van der Waals surface area contributed by atoms with Gasteiger partial charge in [0.25, 0.3) is 5.91 Å². The maximum absolute atomic E-state index is 11.8. The average molecular weight is 425 g/mol. The molecule has 0 aliphatic rings. The van der Waals surface area contributed by atoms with Gasteiger partial charge >= 0.3 is 0 Å². The first-order valence-corrected chi connectivity index (χ1v) is 9.64. The van der Waals surface area contributed by atoms with E-state index in [1.54, 1.807) is 12.1 Å². The molecule has 0 radical (unpaired) electrons. The monoisotopic (exact) mass is 424 g/mol. The fraction of sp³-hybridized carbons (Fsp3) is 0.136. The fourth-order valence-electron chi connectivity index (χ4n) is 2.46. The van der Waals surface area contributed by atoms with Gasteiger partial charge in [-0.3, -0.25) is 4.79 Å². The van der Waals surface area contributed by atoms with E-state index in [4.69, 9.17) is 26.9 Å². The van der Waals surface area contributed by atoms with Crippen LogP contribution >= 0.6 is 11.6 Å². The van der Waals surface area contributed by atoms with Gasteiger partial charge < -0.3 is 20.6 Å². The maximum atomic E-state index is 11.8. The van der Waals surface area contributed by atoms with Crippen LogP contribution in [0.15, 0.2) is 78.1 Å². The molecule has 0 saturated carbocycles. The molecule has 0 saturated heterocycles. The SMILES string of the molecule is N/C(=N\OCC(=O)NCCc1ccc(Cl)cc1)c1ccc(Oc2ccccc2)nc1. The minimum absolute atomic E-state index is 0.114. The summed E-state index contributed by atoms with van der Waals surface area (Å²) in [4.78, 5) is 21.0. The molecule has 0 aliphatic carbocycles. The quantitative estimate of drug-likeness (QED) is 0.311. The summed E-state index contributed by atoms with van der Waals surface area (Å²) < 4.78 is 5.62. The van der Waals surface area contributed by atoms with Gasteiger partial charge in [0, 0.05) is 29.4 Å². The minimum atomic E-state index is -0.287. The van der Waals surface area contributed by atoms with Gasteiger partial charge in [-0.2, -0.15) is 0 Å². The first-order chi connectivity index (χ1) is 14.6. The minimum Gasteiger partial charge on any atom is -0.439 e. The molecule has 0 bridgehead atoms. The Morgan fingerprint density at radius 3 is 2.53 bits per heavy atom. The van der Waals surface area contributed by atoms with Crippen molar-refractivity contribution in [3.05, 3.63) is 89.1 Å². The number of oxime groups is 1. The number of aromatic nitrogens is 1. The third-order valence-corrected chi connectivity index (χ3v) is 4.26. The van der Waals surface area contributed by atoms with Crippen molar-refractivity contribution in [2.75, 3.05) is 13.2 Å². The molecule has 3 aromatic rings. The molecule has 8 heteroatoms. The summed E-state index contributed by atoms with van der Waals surface area (Å²) in [6.45, 7) is 0.250. The van der Waals surface area contributed by atoms with Gasteiger partial charge in [-0.15, -0.1) is 0 Å². The molecule has 0 atom stereocenters. The molecule has 0 fully saturated rings. The summed E-state index contributed by atoms with van der Waals surface area (Å²) in [5.41, 5.74) is 7.51. The van der Waals surface area contributed by atoms with Crippen molar-refractivity contribution in [2.45, 2.75) is 6.42 Å². The van der Waals surface area contributed by atoms with Gasteiger partial charge in [0.2, 0.25) is 5.88 Å². The molecule has 30 heavy (non-hydrogen) atoms. The molecule has 7 nitrogen and oxygen atoms in total. The van der Waals surface area contributed by atoms with Crippen LogP contribution in [0.5, 0.6) is 11.6 Å².